The third-order valence-electron chi connectivity index (χ3n) is 4.30. The molecule has 0 saturated carbocycles. The predicted molar refractivity (Wildman–Crippen MR) is 94.0 cm³/mol. The minimum atomic E-state index is 0.987. The van der Waals surface area contributed by atoms with Crippen LogP contribution in [0.15, 0.2) is 42.5 Å². The number of anilines is 1. The van der Waals surface area contributed by atoms with Gasteiger partial charge in [0, 0.05) is 6.42 Å². The molecule has 0 amide bonds. The van der Waals surface area contributed by atoms with Gasteiger partial charge in [0.1, 0.15) is 12.2 Å². The topological polar surface area (TPSA) is 6.25 Å². The van der Waals surface area contributed by atoms with Crippen LogP contribution >= 0.6 is 0 Å². The zero-order valence-corrected chi connectivity index (χ0v) is 13.8. The van der Waals surface area contributed by atoms with Gasteiger partial charge in [-0.25, -0.2) is 4.90 Å². The van der Waals surface area contributed by atoms with Gasteiger partial charge in [0.15, 0.2) is 0 Å². The summed E-state index contributed by atoms with van der Waals surface area (Å²) in [5.74, 6) is 0. The van der Waals surface area contributed by atoms with E-state index in [2.05, 4.69) is 79.0 Å². The molecule has 2 heteroatoms. The van der Waals surface area contributed by atoms with E-state index in [-0.39, 0.29) is 0 Å². The predicted octanol–water partition coefficient (Wildman–Crippen LogP) is 4.06. The van der Waals surface area contributed by atoms with Crippen molar-refractivity contribution in [3.63, 3.8) is 0 Å². The molecule has 0 N–H and O–H groups in total. The summed E-state index contributed by atoms with van der Waals surface area (Å²) in [5, 5.41) is 0. The van der Waals surface area contributed by atoms with Crippen molar-refractivity contribution < 1.29 is 4.58 Å². The number of rotatable bonds is 3. The van der Waals surface area contributed by atoms with Crippen molar-refractivity contribution in [3.8, 4) is 0 Å². The van der Waals surface area contributed by atoms with Crippen LogP contribution in [-0.2, 0) is 6.54 Å². The van der Waals surface area contributed by atoms with Crippen molar-refractivity contribution in [2.75, 3.05) is 18.0 Å². The number of aryl methyl sites for hydroxylation is 3. The average Bonchev–Trinajstić information content (AvgIpc) is 2.47. The van der Waals surface area contributed by atoms with Crippen LogP contribution in [0.2, 0.25) is 0 Å². The van der Waals surface area contributed by atoms with Crippen LogP contribution in [0.4, 0.5) is 5.69 Å². The average molecular weight is 293 g/mol. The maximum atomic E-state index is 2.43. The molecule has 2 aromatic carbocycles. The molecule has 0 aliphatic carbocycles. The number of benzene rings is 2. The smallest absolute Gasteiger partial charge is 0.239 e. The molecule has 0 bridgehead atoms. The van der Waals surface area contributed by atoms with Gasteiger partial charge in [0.05, 0.1) is 13.1 Å². The summed E-state index contributed by atoms with van der Waals surface area (Å²) in [7, 11) is 0. The second-order valence-corrected chi connectivity index (χ2v) is 6.37. The van der Waals surface area contributed by atoms with Crippen LogP contribution < -0.4 is 4.90 Å². The van der Waals surface area contributed by atoms with Crippen LogP contribution in [0.3, 0.4) is 0 Å². The van der Waals surface area contributed by atoms with Gasteiger partial charge >= 0.3 is 0 Å². The van der Waals surface area contributed by atoms with Gasteiger partial charge in [-0.05, 0) is 37.5 Å². The molecular formula is C20H25N2+. The fourth-order valence-corrected chi connectivity index (χ4v) is 3.49. The Morgan fingerprint density at radius 1 is 1.00 bits per heavy atom. The second kappa shape index (κ2) is 6.35. The monoisotopic (exact) mass is 293 g/mol. The summed E-state index contributed by atoms with van der Waals surface area (Å²) in [6.07, 6.45) is 3.51. The first kappa shape index (κ1) is 14.8. The van der Waals surface area contributed by atoms with Crippen molar-refractivity contribution in [1.29, 1.82) is 0 Å². The molecule has 1 heterocycles. The SMILES string of the molecule is Cc1cc(C)c(N2C=[N+](Cc3ccccc3)CCC2)c(C)c1. The van der Waals surface area contributed by atoms with Crippen molar-refractivity contribution in [2.24, 2.45) is 0 Å². The molecule has 1 aliphatic rings. The number of nitrogens with zero attached hydrogens (tertiary/aromatic N) is 2. The zero-order valence-electron chi connectivity index (χ0n) is 13.8. The van der Waals surface area contributed by atoms with Gasteiger partial charge in [0.25, 0.3) is 0 Å². The summed E-state index contributed by atoms with van der Waals surface area (Å²) in [5.41, 5.74) is 6.84. The lowest BCUT2D eigenvalue weighted by molar-refractivity contribution is -0.543. The van der Waals surface area contributed by atoms with Crippen LogP contribution in [0, 0.1) is 20.8 Å². The highest BCUT2D eigenvalue weighted by Crippen LogP contribution is 2.26. The summed E-state index contributed by atoms with van der Waals surface area (Å²) < 4.78 is 2.43. The minimum Gasteiger partial charge on any atom is -0.264 e. The Balaban J connectivity index is 1.87. The van der Waals surface area contributed by atoms with E-state index < -0.39 is 0 Å². The first-order valence-electron chi connectivity index (χ1n) is 8.11. The third-order valence-corrected chi connectivity index (χ3v) is 4.30. The van der Waals surface area contributed by atoms with Crippen LogP contribution in [-0.4, -0.2) is 24.0 Å². The van der Waals surface area contributed by atoms with Gasteiger partial charge in [-0.15, -0.1) is 0 Å². The molecule has 2 aromatic rings. The lowest BCUT2D eigenvalue weighted by Gasteiger charge is -2.23. The summed E-state index contributed by atoms with van der Waals surface area (Å²) >= 11 is 0. The Morgan fingerprint density at radius 3 is 2.36 bits per heavy atom. The minimum absolute atomic E-state index is 0.987. The molecule has 114 valence electrons. The maximum absolute atomic E-state index is 2.43. The Kier molecular flexibility index (Phi) is 4.28. The van der Waals surface area contributed by atoms with Crippen LogP contribution in [0.5, 0.6) is 0 Å². The van der Waals surface area contributed by atoms with E-state index in [0.29, 0.717) is 0 Å². The molecule has 0 radical (unpaired) electrons. The zero-order chi connectivity index (χ0) is 15.5. The fourth-order valence-electron chi connectivity index (χ4n) is 3.49. The highest BCUT2D eigenvalue weighted by Gasteiger charge is 2.22. The van der Waals surface area contributed by atoms with E-state index >= 15 is 0 Å². The Labute approximate surface area is 133 Å². The van der Waals surface area contributed by atoms with E-state index in [1.54, 1.807) is 0 Å². The van der Waals surface area contributed by atoms with Crippen LogP contribution in [0.25, 0.3) is 0 Å². The van der Waals surface area contributed by atoms with Crippen molar-refractivity contribution in [3.05, 3.63) is 64.7 Å². The van der Waals surface area contributed by atoms with Crippen molar-refractivity contribution in [2.45, 2.75) is 33.7 Å². The Hall–Kier alpha value is -2.09. The summed E-state index contributed by atoms with van der Waals surface area (Å²) in [6.45, 7) is 9.84. The first-order chi connectivity index (χ1) is 10.6. The van der Waals surface area contributed by atoms with Crippen LogP contribution in [0.1, 0.15) is 28.7 Å². The molecule has 22 heavy (non-hydrogen) atoms. The quantitative estimate of drug-likeness (QED) is 0.773. The van der Waals surface area contributed by atoms with Gasteiger partial charge < -0.3 is 0 Å². The summed E-state index contributed by atoms with van der Waals surface area (Å²) in [6, 6.07) is 15.3. The largest absolute Gasteiger partial charge is 0.264 e. The van der Waals surface area contributed by atoms with E-state index in [9.17, 15) is 0 Å². The standard InChI is InChI=1S/C20H25N2/c1-16-12-17(2)20(18(3)13-16)22-11-7-10-21(15-22)14-19-8-5-4-6-9-19/h4-6,8-9,12-13,15H,7,10-11,14H2,1-3H3/q+1. The first-order valence-corrected chi connectivity index (χ1v) is 8.11. The summed E-state index contributed by atoms with van der Waals surface area (Å²) in [4.78, 5) is 2.43. The molecule has 0 saturated heterocycles. The van der Waals surface area contributed by atoms with E-state index in [4.69, 9.17) is 0 Å². The lowest BCUT2D eigenvalue weighted by Crippen LogP contribution is -2.36. The van der Waals surface area contributed by atoms with E-state index in [1.165, 1.54) is 34.4 Å². The fraction of sp³-hybridized carbons (Fsp3) is 0.350. The molecule has 0 aromatic heterocycles. The number of hydrogen-bond donors (Lipinski definition) is 0. The van der Waals surface area contributed by atoms with Gasteiger partial charge in [-0.1, -0.05) is 48.0 Å². The normalized spacial score (nSPS) is 14.9. The molecular weight excluding hydrogens is 268 g/mol. The highest BCUT2D eigenvalue weighted by molar-refractivity contribution is 5.80. The second-order valence-electron chi connectivity index (χ2n) is 6.37. The molecule has 2 nitrogen and oxygen atoms in total. The van der Waals surface area contributed by atoms with E-state index in [0.717, 1.165) is 19.6 Å². The van der Waals surface area contributed by atoms with Gasteiger partial charge in [-0.3, -0.25) is 4.58 Å². The maximum Gasteiger partial charge on any atom is 0.239 e. The Bertz CT molecular complexity index is 663. The molecule has 3 rings (SSSR count). The molecule has 1 aliphatic heterocycles. The number of hydrogen-bond acceptors (Lipinski definition) is 1. The van der Waals surface area contributed by atoms with Crippen molar-refractivity contribution >= 4 is 12.0 Å². The Morgan fingerprint density at radius 2 is 1.68 bits per heavy atom. The molecule has 0 atom stereocenters. The molecule has 0 spiro atoms. The van der Waals surface area contributed by atoms with Crippen molar-refractivity contribution in [1.82, 2.24) is 0 Å². The van der Waals surface area contributed by atoms with Gasteiger partial charge in [-0.2, -0.15) is 0 Å². The van der Waals surface area contributed by atoms with Gasteiger partial charge in [0.2, 0.25) is 6.34 Å². The van der Waals surface area contributed by atoms with E-state index in [1.807, 2.05) is 0 Å². The third kappa shape index (κ3) is 3.22. The molecule has 0 fully saturated rings. The highest BCUT2D eigenvalue weighted by atomic mass is 15.2. The molecule has 0 unspecified atom stereocenters. The lowest BCUT2D eigenvalue weighted by atomic mass is 10.0.